The van der Waals surface area contributed by atoms with E-state index in [2.05, 4.69) is 26.0 Å². The fraction of sp³-hybridized carbons (Fsp3) is 0.361. The number of amidine groups is 1. The van der Waals surface area contributed by atoms with Gasteiger partial charge in [-0.25, -0.2) is 0 Å². The van der Waals surface area contributed by atoms with Gasteiger partial charge in [0.05, 0.1) is 13.1 Å². The van der Waals surface area contributed by atoms with E-state index in [0.29, 0.717) is 54.2 Å². The standard InChI is InChI=1S/C36H46N10O6S/c1-44(2)53(51,52)43-31-20-25-7-13-29(14-8-25)41-33(48)23-46-17-15-45(16-18-46)22-32(47)40-28-11-5-24(6-12-28)19-30(42-36(31)50)35(49)39-21-26-3-9-27(10-4-26)34(37)38/h3-14,30-31,43H,15-23H2,1-2H3,(H3,37,38)(H,39,49)(H,40,47)(H,41,48)(H,42,50)/t30-,31+/m0/s1. The van der Waals surface area contributed by atoms with Crippen LogP contribution in [-0.2, 0) is 48.8 Å². The third-order valence-electron chi connectivity index (χ3n) is 9.01. The number of rotatable bonds is 7. The lowest BCUT2D eigenvalue weighted by atomic mass is 10.0. The first-order chi connectivity index (χ1) is 25.2. The van der Waals surface area contributed by atoms with Gasteiger partial charge in [0.2, 0.25) is 23.6 Å². The van der Waals surface area contributed by atoms with Crippen LogP contribution in [0.3, 0.4) is 0 Å². The van der Waals surface area contributed by atoms with Crippen molar-refractivity contribution in [3.05, 3.63) is 95.1 Å². The molecule has 0 aromatic heterocycles. The van der Waals surface area contributed by atoms with E-state index in [1.54, 1.807) is 72.8 Å². The van der Waals surface area contributed by atoms with Crippen LogP contribution in [-0.4, -0.2) is 117 Å². The first-order valence-electron chi connectivity index (χ1n) is 17.2. The molecule has 6 bridgehead atoms. The molecule has 0 radical (unpaired) electrons. The molecule has 3 aromatic carbocycles. The van der Waals surface area contributed by atoms with Gasteiger partial charge in [-0.3, -0.25) is 34.4 Å². The van der Waals surface area contributed by atoms with E-state index in [-0.39, 0.29) is 50.1 Å². The van der Waals surface area contributed by atoms with Crippen molar-refractivity contribution in [2.45, 2.75) is 31.5 Å². The summed E-state index contributed by atoms with van der Waals surface area (Å²) >= 11 is 0. The Morgan fingerprint density at radius 1 is 0.811 bits per heavy atom. The average Bonchev–Trinajstić information content (AvgIpc) is 3.12. The monoisotopic (exact) mass is 746 g/mol. The Hall–Kier alpha value is -5.20. The quantitative estimate of drug-likeness (QED) is 0.126. The topological polar surface area (TPSA) is 222 Å². The van der Waals surface area contributed by atoms with Crippen molar-refractivity contribution < 1.29 is 27.6 Å². The summed E-state index contributed by atoms with van der Waals surface area (Å²) in [5, 5.41) is 19.0. The molecule has 1 saturated heterocycles. The van der Waals surface area contributed by atoms with E-state index >= 15 is 0 Å². The largest absolute Gasteiger partial charge is 0.384 e. The zero-order chi connectivity index (χ0) is 38.1. The summed E-state index contributed by atoms with van der Waals surface area (Å²) in [6, 6.07) is 18.1. The molecule has 53 heavy (non-hydrogen) atoms. The number of piperazine rings is 1. The highest BCUT2D eigenvalue weighted by Gasteiger charge is 2.30. The molecule has 3 aromatic rings. The lowest BCUT2D eigenvalue weighted by molar-refractivity contribution is -0.129. The number of nitrogens with zero attached hydrogens (tertiary/aromatic N) is 3. The van der Waals surface area contributed by atoms with Crippen molar-refractivity contribution in [2.75, 3.05) is 64.0 Å². The van der Waals surface area contributed by atoms with Gasteiger partial charge in [-0.2, -0.15) is 17.4 Å². The molecule has 17 heteroatoms. The summed E-state index contributed by atoms with van der Waals surface area (Å²) < 4.78 is 29.3. The van der Waals surface area contributed by atoms with E-state index < -0.39 is 34.1 Å². The van der Waals surface area contributed by atoms with Crippen LogP contribution in [0.15, 0.2) is 72.8 Å². The number of nitrogens with one attached hydrogen (secondary N) is 6. The molecule has 2 atom stereocenters. The van der Waals surface area contributed by atoms with E-state index in [4.69, 9.17) is 11.1 Å². The molecule has 6 aliphatic heterocycles. The second kappa shape index (κ2) is 17.5. The van der Waals surface area contributed by atoms with Gasteiger partial charge in [0, 0.05) is 70.2 Å². The van der Waals surface area contributed by atoms with E-state index in [0.717, 1.165) is 9.87 Å². The Kier molecular flexibility index (Phi) is 12.9. The van der Waals surface area contributed by atoms with Crippen molar-refractivity contribution in [2.24, 2.45) is 5.73 Å². The summed E-state index contributed by atoms with van der Waals surface area (Å²) in [7, 11) is -1.41. The summed E-state index contributed by atoms with van der Waals surface area (Å²) in [4.78, 5) is 57.4. The van der Waals surface area contributed by atoms with Crippen LogP contribution in [0, 0.1) is 5.41 Å². The van der Waals surface area contributed by atoms with Crippen LogP contribution in [0.25, 0.3) is 0 Å². The Bertz CT molecular complexity index is 1900. The predicted octanol–water partition coefficient (Wildman–Crippen LogP) is -0.170. The third-order valence-corrected chi connectivity index (χ3v) is 10.6. The molecule has 0 saturated carbocycles. The SMILES string of the molecule is CN(C)S(=O)(=O)N[C@@H]1Cc2ccc(cc2)NC(=O)CN2CCN(CC2)CC(=O)Nc2ccc(cc2)C[C@@H](C(=O)NCc2ccc(C(=N)N)cc2)NC1=O. The average molecular weight is 747 g/mol. The van der Waals surface area contributed by atoms with Gasteiger partial charge in [-0.1, -0.05) is 48.5 Å². The Balaban J connectivity index is 1.42. The maximum Gasteiger partial charge on any atom is 0.279 e. The van der Waals surface area contributed by atoms with Gasteiger partial charge in [0.1, 0.15) is 17.9 Å². The molecule has 282 valence electrons. The molecular weight excluding hydrogens is 701 g/mol. The number of carbonyl (C=O) groups excluding carboxylic acids is 4. The first-order valence-corrected chi connectivity index (χ1v) is 18.6. The van der Waals surface area contributed by atoms with Crippen LogP contribution in [0.5, 0.6) is 0 Å². The maximum atomic E-state index is 13.9. The minimum absolute atomic E-state index is 0.0529. The molecule has 8 N–H and O–H groups in total. The van der Waals surface area contributed by atoms with Crippen LogP contribution >= 0.6 is 0 Å². The Morgan fingerprint density at radius 3 is 1.77 bits per heavy atom. The molecule has 0 aliphatic carbocycles. The van der Waals surface area contributed by atoms with Gasteiger partial charge < -0.3 is 27.0 Å². The number of carbonyl (C=O) groups is 4. The normalized spacial score (nSPS) is 21.7. The van der Waals surface area contributed by atoms with E-state index in [1.807, 2.05) is 9.80 Å². The number of fused-ring (bicyclic) bond motifs is 1. The second-order valence-corrected chi connectivity index (χ2v) is 15.2. The number of nitrogens with two attached hydrogens (primary N) is 1. The highest BCUT2D eigenvalue weighted by atomic mass is 32.2. The lowest BCUT2D eigenvalue weighted by Gasteiger charge is -2.33. The van der Waals surface area contributed by atoms with Gasteiger partial charge in [-0.05, 0) is 47.4 Å². The number of nitrogen functional groups attached to an aromatic ring is 1. The highest BCUT2D eigenvalue weighted by Crippen LogP contribution is 2.16. The van der Waals surface area contributed by atoms with Gasteiger partial charge in [-0.15, -0.1) is 0 Å². The number of hydrogen-bond acceptors (Lipinski definition) is 9. The summed E-state index contributed by atoms with van der Waals surface area (Å²) in [5.74, 6) is -1.71. The molecule has 0 unspecified atom stereocenters. The summed E-state index contributed by atoms with van der Waals surface area (Å²) in [6.45, 7) is 3.01. The molecule has 0 spiro atoms. The van der Waals surface area contributed by atoms with E-state index in [1.165, 1.54) is 14.1 Å². The molecule has 6 heterocycles. The van der Waals surface area contributed by atoms with Crippen LogP contribution in [0.1, 0.15) is 22.3 Å². The number of benzene rings is 3. The minimum Gasteiger partial charge on any atom is -0.384 e. The zero-order valence-electron chi connectivity index (χ0n) is 29.7. The van der Waals surface area contributed by atoms with Gasteiger partial charge >= 0.3 is 0 Å². The zero-order valence-corrected chi connectivity index (χ0v) is 30.5. The maximum absolute atomic E-state index is 13.9. The van der Waals surface area contributed by atoms with Crippen LogP contribution in [0.2, 0.25) is 0 Å². The first kappa shape index (κ1) is 39.0. The Labute approximate surface area is 309 Å². The number of hydrogen-bond donors (Lipinski definition) is 7. The molecule has 4 amide bonds. The van der Waals surface area contributed by atoms with Crippen molar-refractivity contribution in [1.29, 1.82) is 5.41 Å². The highest BCUT2D eigenvalue weighted by molar-refractivity contribution is 7.87. The van der Waals surface area contributed by atoms with Crippen LogP contribution in [0.4, 0.5) is 11.4 Å². The third kappa shape index (κ3) is 11.4. The number of amides is 4. The molecule has 6 aliphatic rings. The van der Waals surface area contributed by atoms with Crippen LogP contribution < -0.4 is 31.7 Å². The van der Waals surface area contributed by atoms with Crippen molar-refractivity contribution >= 4 is 51.0 Å². The van der Waals surface area contributed by atoms with Crippen molar-refractivity contribution in [3.8, 4) is 0 Å². The molecule has 9 rings (SSSR count). The predicted molar refractivity (Wildman–Crippen MR) is 201 cm³/mol. The van der Waals surface area contributed by atoms with Crippen molar-refractivity contribution in [3.63, 3.8) is 0 Å². The number of anilines is 2. The minimum atomic E-state index is -4.08. The molecular formula is C36H46N10O6S. The van der Waals surface area contributed by atoms with E-state index in [9.17, 15) is 27.6 Å². The summed E-state index contributed by atoms with van der Waals surface area (Å²) in [6.07, 6.45) is 0.00351. The smallest absolute Gasteiger partial charge is 0.279 e. The molecule has 16 nitrogen and oxygen atoms in total. The van der Waals surface area contributed by atoms with Crippen molar-refractivity contribution in [1.82, 2.24) is 29.5 Å². The van der Waals surface area contributed by atoms with Gasteiger partial charge in [0.25, 0.3) is 10.2 Å². The molecule has 1 fully saturated rings. The second-order valence-electron chi connectivity index (χ2n) is 13.3. The fourth-order valence-electron chi connectivity index (χ4n) is 5.90. The summed E-state index contributed by atoms with van der Waals surface area (Å²) in [5.41, 5.74) is 9.22. The fourth-order valence-corrected chi connectivity index (χ4v) is 6.66. The van der Waals surface area contributed by atoms with Gasteiger partial charge in [0.15, 0.2) is 0 Å². The Morgan fingerprint density at radius 2 is 1.30 bits per heavy atom. The lowest BCUT2D eigenvalue weighted by Crippen LogP contribution is -2.56.